The van der Waals surface area contributed by atoms with E-state index in [1.54, 1.807) is 13.2 Å². The van der Waals surface area contributed by atoms with Crippen LogP contribution in [0.5, 0.6) is 11.6 Å². The normalized spacial score (nSPS) is 31.1. The van der Waals surface area contributed by atoms with Crippen LogP contribution in [0.15, 0.2) is 30.9 Å². The minimum Gasteiger partial charge on any atom is -0.486 e. The molecular formula is C41H54N6O9S. The second kappa shape index (κ2) is 16.1. The number of nitrogens with zero attached hydrogens (tertiary/aromatic N) is 3. The summed E-state index contributed by atoms with van der Waals surface area (Å²) in [5, 5.41) is 5.18. The molecule has 5 fully saturated rings. The number of alkyl carbamates (subject to hydrolysis) is 1. The lowest BCUT2D eigenvalue weighted by Gasteiger charge is -2.32. The molecule has 2 aromatic heterocycles. The topological polar surface area (TPSA) is 195 Å². The maximum atomic E-state index is 14.9. The van der Waals surface area contributed by atoms with Crippen molar-refractivity contribution < 1.29 is 41.8 Å². The number of hydrogen-bond donors (Lipinski definition) is 3. The number of aromatic nitrogens is 2. The summed E-state index contributed by atoms with van der Waals surface area (Å²) < 4.78 is 45.9. The van der Waals surface area contributed by atoms with Crippen molar-refractivity contribution in [3.63, 3.8) is 0 Å². The van der Waals surface area contributed by atoms with Gasteiger partial charge in [-0.15, -0.1) is 6.58 Å². The van der Waals surface area contributed by atoms with E-state index in [2.05, 4.69) is 26.9 Å². The number of nitrogens with one attached hydrogen (secondary N) is 3. The van der Waals surface area contributed by atoms with E-state index in [1.807, 2.05) is 12.1 Å². The highest BCUT2D eigenvalue weighted by Crippen LogP contribution is 2.46. The lowest BCUT2D eigenvalue weighted by molar-refractivity contribution is -0.142. The predicted octanol–water partition coefficient (Wildman–Crippen LogP) is 4.23. The first-order valence-electron chi connectivity index (χ1n) is 20.8. The Morgan fingerprint density at radius 3 is 2.46 bits per heavy atom. The third-order valence-electron chi connectivity index (χ3n) is 13.0. The molecule has 4 amide bonds. The molecule has 6 aliphatic rings. The van der Waals surface area contributed by atoms with Gasteiger partial charge in [-0.25, -0.2) is 23.2 Å². The monoisotopic (exact) mass is 806 g/mol. The molecule has 8 rings (SSSR count). The maximum Gasteiger partial charge on any atom is 0.408 e. The van der Waals surface area contributed by atoms with E-state index in [0.29, 0.717) is 41.9 Å². The molecule has 16 heteroatoms. The van der Waals surface area contributed by atoms with Crippen LogP contribution in [0.3, 0.4) is 0 Å². The van der Waals surface area contributed by atoms with Gasteiger partial charge in [0.25, 0.3) is 5.91 Å². The molecule has 2 aliphatic heterocycles. The summed E-state index contributed by atoms with van der Waals surface area (Å²) >= 11 is 0. The molecule has 308 valence electrons. The standard InChI is InChI=1S/C41H54N6O9S/c1-3-26-22-41(26,39(50)46-57(52,53)28-16-17-28)45-37(48)32-20-27-23-47(32)38(49)36(25-11-7-8-12-25)44-40(51)56-33-15-9-13-24(33)10-5-4-6-14-30-34(55-27)21-31-29(42-30)18-19-35(43-31)54-2/h3,18-19,21,24-28,32-33,36H,1,4-17,20,22-23H2,2H3,(H,44,51)(H,45,48)(H,46,50)/t24-,26-,27-,32+,33-,36+,41-/m1/s1. The van der Waals surface area contributed by atoms with E-state index in [0.717, 1.165) is 76.3 Å². The van der Waals surface area contributed by atoms with Crippen LogP contribution >= 0.6 is 0 Å². The molecule has 2 bridgehead atoms. The number of methoxy groups -OCH3 is 1. The summed E-state index contributed by atoms with van der Waals surface area (Å²) in [6, 6.07) is 3.41. The average molecular weight is 807 g/mol. The minimum absolute atomic E-state index is 0.0186. The van der Waals surface area contributed by atoms with Crippen molar-refractivity contribution >= 4 is 44.9 Å². The van der Waals surface area contributed by atoms with Crippen LogP contribution in [0.1, 0.15) is 102 Å². The van der Waals surface area contributed by atoms with Crippen LogP contribution in [-0.2, 0) is 35.6 Å². The van der Waals surface area contributed by atoms with Gasteiger partial charge < -0.3 is 29.7 Å². The lowest BCUT2D eigenvalue weighted by atomic mass is 9.96. The summed E-state index contributed by atoms with van der Waals surface area (Å²) in [6.07, 6.45) is 11.5. The van der Waals surface area contributed by atoms with Crippen molar-refractivity contribution in [3.8, 4) is 11.6 Å². The van der Waals surface area contributed by atoms with Crippen molar-refractivity contribution in [2.75, 3.05) is 13.7 Å². The molecule has 57 heavy (non-hydrogen) atoms. The molecule has 4 heterocycles. The summed E-state index contributed by atoms with van der Waals surface area (Å²) in [5.41, 5.74) is 0.477. The van der Waals surface area contributed by atoms with Crippen molar-refractivity contribution in [2.24, 2.45) is 17.8 Å². The number of sulfonamides is 1. The molecule has 4 aliphatic carbocycles. The van der Waals surface area contributed by atoms with Gasteiger partial charge in [0.15, 0.2) is 0 Å². The van der Waals surface area contributed by atoms with Gasteiger partial charge in [-0.1, -0.05) is 31.8 Å². The van der Waals surface area contributed by atoms with Gasteiger partial charge in [0.1, 0.15) is 35.6 Å². The van der Waals surface area contributed by atoms with Crippen molar-refractivity contribution in [1.29, 1.82) is 0 Å². The number of hydrogen-bond acceptors (Lipinski definition) is 11. The average Bonchev–Trinajstić information content (AvgIpc) is 3.98. The molecule has 7 atom stereocenters. The Hall–Kier alpha value is -4.47. The SMILES string of the molecule is C=C[C@@H]1C[C@]1(NC(=O)[C@@H]1C[C@@H]2CN1C(=O)[C@H](C1CCCC1)NC(=O)O[C@@H]1CCC[C@H]1CCCCCc1nc3ccc(OC)nc3cc1O2)C(=O)NS(=O)(=O)C1CC1. The minimum atomic E-state index is -3.90. The highest BCUT2D eigenvalue weighted by Gasteiger charge is 2.62. The van der Waals surface area contributed by atoms with E-state index >= 15 is 0 Å². The molecule has 0 unspecified atom stereocenters. The van der Waals surface area contributed by atoms with Crippen LogP contribution in [0.4, 0.5) is 4.79 Å². The van der Waals surface area contributed by atoms with Crippen LogP contribution in [0.2, 0.25) is 0 Å². The Balaban J connectivity index is 1.13. The highest BCUT2D eigenvalue weighted by atomic mass is 32.2. The molecule has 1 saturated heterocycles. The molecule has 4 saturated carbocycles. The first kappa shape index (κ1) is 39.4. The first-order chi connectivity index (χ1) is 27.5. The molecule has 2 aromatic rings. The maximum absolute atomic E-state index is 14.9. The van der Waals surface area contributed by atoms with Crippen LogP contribution in [0.25, 0.3) is 11.0 Å². The smallest absolute Gasteiger partial charge is 0.408 e. The zero-order valence-electron chi connectivity index (χ0n) is 32.6. The quantitative estimate of drug-likeness (QED) is 0.323. The second-order valence-electron chi connectivity index (χ2n) is 16.9. The Kier molecular flexibility index (Phi) is 11.1. The molecule has 0 radical (unpaired) electrons. The van der Waals surface area contributed by atoms with E-state index in [-0.39, 0.29) is 37.3 Å². The number of fused-ring (bicyclic) bond motifs is 5. The van der Waals surface area contributed by atoms with Gasteiger partial charge in [0, 0.05) is 24.5 Å². The Bertz CT molecular complexity index is 2020. The molecule has 3 N–H and O–H groups in total. The number of carbonyl (C=O) groups excluding carboxylic acids is 4. The fourth-order valence-electron chi connectivity index (χ4n) is 9.54. The highest BCUT2D eigenvalue weighted by molar-refractivity contribution is 7.91. The predicted molar refractivity (Wildman–Crippen MR) is 209 cm³/mol. The third-order valence-corrected chi connectivity index (χ3v) is 14.9. The zero-order chi connectivity index (χ0) is 39.9. The number of aryl methyl sites for hydroxylation is 1. The van der Waals surface area contributed by atoms with Gasteiger partial charge in [0.05, 0.1) is 35.6 Å². The van der Waals surface area contributed by atoms with Crippen LogP contribution in [0, 0.1) is 17.8 Å². The second-order valence-corrected chi connectivity index (χ2v) is 18.9. The van der Waals surface area contributed by atoms with E-state index < -0.39 is 68.7 Å². The lowest BCUT2D eigenvalue weighted by Crippen LogP contribution is -2.59. The fourth-order valence-corrected chi connectivity index (χ4v) is 10.9. The van der Waals surface area contributed by atoms with Gasteiger partial charge in [-0.2, -0.15) is 0 Å². The first-order valence-corrected chi connectivity index (χ1v) is 22.3. The van der Waals surface area contributed by atoms with E-state index in [9.17, 15) is 27.6 Å². The molecule has 15 nitrogen and oxygen atoms in total. The van der Waals surface area contributed by atoms with Crippen molar-refractivity contribution in [1.82, 2.24) is 30.2 Å². The molecular weight excluding hydrogens is 753 g/mol. The Morgan fingerprint density at radius 1 is 0.965 bits per heavy atom. The zero-order valence-corrected chi connectivity index (χ0v) is 33.4. The molecule has 0 aromatic carbocycles. The Labute approximate surface area is 333 Å². The largest absolute Gasteiger partial charge is 0.486 e. The van der Waals surface area contributed by atoms with Crippen molar-refractivity contribution in [3.05, 3.63) is 36.5 Å². The van der Waals surface area contributed by atoms with Gasteiger partial charge in [0.2, 0.25) is 27.7 Å². The van der Waals surface area contributed by atoms with Gasteiger partial charge in [-0.05, 0) is 88.5 Å². The molecule has 0 spiro atoms. The van der Waals surface area contributed by atoms with E-state index in [1.165, 1.54) is 11.0 Å². The van der Waals surface area contributed by atoms with Crippen molar-refractivity contribution in [2.45, 2.75) is 138 Å². The summed E-state index contributed by atoms with van der Waals surface area (Å²) in [5.74, 6) is -1.36. The third kappa shape index (κ3) is 8.28. The van der Waals surface area contributed by atoms with Gasteiger partial charge >= 0.3 is 6.09 Å². The number of ether oxygens (including phenoxy) is 3. The van der Waals surface area contributed by atoms with Gasteiger partial charge in [-0.3, -0.25) is 19.1 Å². The Morgan fingerprint density at radius 2 is 1.72 bits per heavy atom. The summed E-state index contributed by atoms with van der Waals surface area (Å²) in [7, 11) is -2.35. The van der Waals surface area contributed by atoms with E-state index in [4.69, 9.17) is 19.2 Å². The summed E-state index contributed by atoms with van der Waals surface area (Å²) in [4.78, 5) is 67.6. The number of pyridine rings is 2. The fraction of sp³-hybridized carbons (Fsp3) is 0.659. The number of rotatable bonds is 8. The number of carbonyl (C=O) groups is 4. The van der Waals surface area contributed by atoms with Crippen LogP contribution in [-0.4, -0.2) is 95.8 Å². The van der Waals surface area contributed by atoms with Crippen LogP contribution < -0.4 is 24.8 Å². The number of amides is 4. The summed E-state index contributed by atoms with van der Waals surface area (Å²) in [6.45, 7) is 3.84.